The van der Waals surface area contributed by atoms with E-state index in [0.717, 1.165) is 36.8 Å². The van der Waals surface area contributed by atoms with Crippen LogP contribution >= 0.6 is 11.8 Å². The number of nitrogens with one attached hydrogen (secondary N) is 2. The maximum absolute atomic E-state index is 12.1. The topological polar surface area (TPSA) is 56.7 Å². The number of carbonyl (C=O) groups excluding carboxylic acids is 1. The molecular weight excluding hydrogens is 332 g/mol. The van der Waals surface area contributed by atoms with Gasteiger partial charge in [-0.15, -0.1) is 0 Å². The van der Waals surface area contributed by atoms with Gasteiger partial charge in [-0.05, 0) is 30.5 Å². The fourth-order valence-electron chi connectivity index (χ4n) is 2.84. The van der Waals surface area contributed by atoms with Gasteiger partial charge in [-0.2, -0.15) is 11.8 Å². The normalized spacial score (nSPS) is 18.1. The smallest absolute Gasteiger partial charge is 0.251 e. The molecule has 2 N–H and O–H groups in total. The van der Waals surface area contributed by atoms with Crippen LogP contribution in [0.2, 0.25) is 0 Å². The van der Waals surface area contributed by atoms with E-state index in [1.54, 1.807) is 0 Å². The van der Waals surface area contributed by atoms with E-state index in [0.29, 0.717) is 23.9 Å². The Kier molecular flexibility index (Phi) is 8.12. The molecule has 0 aromatic heterocycles. The van der Waals surface area contributed by atoms with Crippen LogP contribution in [0.4, 0.5) is 0 Å². The molecule has 2 rings (SSSR count). The van der Waals surface area contributed by atoms with Crippen molar-refractivity contribution in [3.63, 3.8) is 0 Å². The molecule has 6 heteroatoms. The Hall–Kier alpha value is -1.69. The van der Waals surface area contributed by atoms with E-state index < -0.39 is 0 Å². The largest absolute Gasteiger partial charge is 0.352 e. The molecule has 1 aliphatic heterocycles. The van der Waals surface area contributed by atoms with Crippen molar-refractivity contribution in [2.24, 2.45) is 4.99 Å². The summed E-state index contributed by atoms with van der Waals surface area (Å²) in [6.45, 7) is 7.74. The van der Waals surface area contributed by atoms with Crippen molar-refractivity contribution in [1.82, 2.24) is 15.5 Å². The number of rotatable bonds is 6. The molecule has 5 nitrogen and oxygen atoms in total. The van der Waals surface area contributed by atoms with Crippen molar-refractivity contribution in [2.45, 2.75) is 38.5 Å². The van der Waals surface area contributed by atoms with Gasteiger partial charge < -0.3 is 15.5 Å². The number of hydrogen-bond acceptors (Lipinski definition) is 3. The van der Waals surface area contributed by atoms with Crippen LogP contribution in [0.15, 0.2) is 29.3 Å². The maximum atomic E-state index is 12.1. The van der Waals surface area contributed by atoms with Crippen LogP contribution < -0.4 is 10.6 Å². The third kappa shape index (κ3) is 5.96. The summed E-state index contributed by atoms with van der Waals surface area (Å²) in [4.78, 5) is 18.9. The van der Waals surface area contributed by atoms with Gasteiger partial charge in [0.25, 0.3) is 5.91 Å². The number of hydrogen-bond donors (Lipinski definition) is 2. The van der Waals surface area contributed by atoms with Crippen LogP contribution in [0.1, 0.15) is 42.6 Å². The molecule has 138 valence electrons. The minimum Gasteiger partial charge on any atom is -0.352 e. The Labute approximate surface area is 155 Å². The van der Waals surface area contributed by atoms with Crippen molar-refractivity contribution in [3.05, 3.63) is 35.4 Å². The lowest BCUT2D eigenvalue weighted by Gasteiger charge is -2.34. The molecule has 0 aliphatic carbocycles. The van der Waals surface area contributed by atoms with Gasteiger partial charge in [-0.25, -0.2) is 0 Å². The minimum atomic E-state index is -0.00748. The van der Waals surface area contributed by atoms with Crippen LogP contribution in [-0.4, -0.2) is 54.5 Å². The Balaban J connectivity index is 1.94. The Morgan fingerprint density at radius 3 is 2.92 bits per heavy atom. The van der Waals surface area contributed by atoms with Crippen LogP contribution in [0.3, 0.4) is 0 Å². The second-order valence-electron chi connectivity index (χ2n) is 6.20. The summed E-state index contributed by atoms with van der Waals surface area (Å²) in [7, 11) is 1.83. The zero-order valence-electron chi connectivity index (χ0n) is 15.5. The lowest BCUT2D eigenvalue weighted by Crippen LogP contribution is -2.47. The fraction of sp³-hybridized carbons (Fsp3) is 0.579. The molecule has 1 aromatic rings. The molecule has 1 atom stereocenters. The van der Waals surface area contributed by atoms with E-state index in [1.807, 2.05) is 31.3 Å². The number of guanidine groups is 1. The van der Waals surface area contributed by atoms with Gasteiger partial charge in [0.05, 0.1) is 0 Å². The van der Waals surface area contributed by atoms with Gasteiger partial charge in [0, 0.05) is 49.8 Å². The lowest BCUT2D eigenvalue weighted by molar-refractivity contribution is 0.0953. The molecule has 1 aromatic carbocycles. The molecule has 25 heavy (non-hydrogen) atoms. The Bertz CT molecular complexity index is 591. The predicted molar refractivity (Wildman–Crippen MR) is 107 cm³/mol. The first-order valence-electron chi connectivity index (χ1n) is 9.12. The van der Waals surface area contributed by atoms with Crippen molar-refractivity contribution >= 4 is 23.6 Å². The van der Waals surface area contributed by atoms with Gasteiger partial charge in [0.15, 0.2) is 5.96 Å². The monoisotopic (exact) mass is 362 g/mol. The predicted octanol–water partition coefficient (Wildman–Crippen LogP) is 2.73. The minimum absolute atomic E-state index is 0.00748. The molecule has 1 amide bonds. The van der Waals surface area contributed by atoms with E-state index in [-0.39, 0.29) is 5.91 Å². The summed E-state index contributed by atoms with van der Waals surface area (Å²) in [5.74, 6) is 2.08. The highest BCUT2D eigenvalue weighted by Crippen LogP contribution is 2.21. The van der Waals surface area contributed by atoms with Crippen molar-refractivity contribution < 1.29 is 4.79 Å². The summed E-state index contributed by atoms with van der Waals surface area (Å²) in [6, 6.07) is 7.78. The zero-order chi connectivity index (χ0) is 18.1. The third-order valence-electron chi connectivity index (χ3n) is 4.28. The molecular formula is C19H30N4OS. The maximum Gasteiger partial charge on any atom is 0.251 e. The summed E-state index contributed by atoms with van der Waals surface area (Å²) in [6.07, 6.45) is 2.13. The Morgan fingerprint density at radius 2 is 2.20 bits per heavy atom. The number of carbonyl (C=O) groups is 1. The first kappa shape index (κ1) is 19.6. The van der Waals surface area contributed by atoms with Crippen LogP contribution in [0, 0.1) is 0 Å². The van der Waals surface area contributed by atoms with Gasteiger partial charge in [0.1, 0.15) is 0 Å². The summed E-state index contributed by atoms with van der Waals surface area (Å²) >= 11 is 2.05. The molecule has 1 unspecified atom stereocenters. The highest BCUT2D eigenvalue weighted by Gasteiger charge is 2.21. The van der Waals surface area contributed by atoms with E-state index in [4.69, 9.17) is 0 Å². The van der Waals surface area contributed by atoms with E-state index >= 15 is 0 Å². The zero-order valence-corrected chi connectivity index (χ0v) is 16.4. The van der Waals surface area contributed by atoms with Gasteiger partial charge >= 0.3 is 0 Å². The summed E-state index contributed by atoms with van der Waals surface area (Å²) in [5, 5.41) is 7.04. The number of aliphatic imine (C=N–C) groups is 1. The van der Waals surface area contributed by atoms with Crippen LogP contribution in [0.5, 0.6) is 0 Å². The Morgan fingerprint density at radius 1 is 1.36 bits per heavy atom. The molecule has 1 fully saturated rings. The van der Waals surface area contributed by atoms with Gasteiger partial charge in [-0.1, -0.05) is 26.0 Å². The van der Waals surface area contributed by atoms with E-state index in [2.05, 4.69) is 46.1 Å². The standard InChI is InChI=1S/C19H30N4OS/c1-4-9-21-18(24)16-8-6-7-15(12-16)13-22-19(20-3)23-10-11-25-17(5-2)14-23/h6-8,12,17H,4-5,9-11,13-14H2,1-3H3,(H,20,22)(H,21,24). The number of nitrogens with zero attached hydrogens (tertiary/aromatic N) is 2. The van der Waals surface area contributed by atoms with Gasteiger partial charge in [-0.3, -0.25) is 9.79 Å². The fourth-order valence-corrected chi connectivity index (χ4v) is 4.02. The first-order valence-corrected chi connectivity index (χ1v) is 10.2. The van der Waals surface area contributed by atoms with Crippen LogP contribution in [0.25, 0.3) is 0 Å². The number of thioether (sulfide) groups is 1. The lowest BCUT2D eigenvalue weighted by atomic mass is 10.1. The average Bonchev–Trinajstić information content (AvgIpc) is 2.67. The first-order chi connectivity index (χ1) is 12.2. The molecule has 1 saturated heterocycles. The number of amides is 1. The van der Waals surface area contributed by atoms with E-state index in [9.17, 15) is 4.79 Å². The average molecular weight is 363 g/mol. The summed E-state index contributed by atoms with van der Waals surface area (Å²) in [5.41, 5.74) is 1.80. The van der Waals surface area contributed by atoms with Crippen molar-refractivity contribution in [3.8, 4) is 0 Å². The molecule has 0 radical (unpaired) electrons. The summed E-state index contributed by atoms with van der Waals surface area (Å²) < 4.78 is 0. The third-order valence-corrected chi connectivity index (χ3v) is 5.65. The SMILES string of the molecule is CCCNC(=O)c1cccc(CNC(=NC)N2CCSC(CC)C2)c1. The number of benzene rings is 1. The molecule has 1 aliphatic rings. The van der Waals surface area contributed by atoms with Crippen LogP contribution in [-0.2, 0) is 6.54 Å². The molecule has 0 spiro atoms. The molecule has 1 heterocycles. The second kappa shape index (κ2) is 10.3. The highest BCUT2D eigenvalue weighted by atomic mass is 32.2. The van der Waals surface area contributed by atoms with Crippen molar-refractivity contribution in [2.75, 3.05) is 32.4 Å². The second-order valence-corrected chi connectivity index (χ2v) is 7.61. The highest BCUT2D eigenvalue weighted by molar-refractivity contribution is 8.00. The molecule has 0 bridgehead atoms. The molecule has 0 saturated carbocycles. The van der Waals surface area contributed by atoms with E-state index in [1.165, 1.54) is 6.42 Å². The van der Waals surface area contributed by atoms with Crippen molar-refractivity contribution in [1.29, 1.82) is 0 Å². The van der Waals surface area contributed by atoms with Gasteiger partial charge in [0.2, 0.25) is 0 Å². The quantitative estimate of drug-likeness (QED) is 0.603.